The monoisotopic (exact) mass is 255 g/mol. The molecule has 0 saturated carbocycles. The Bertz CT molecular complexity index is 204. The third-order valence-electron chi connectivity index (χ3n) is 4.48. The first kappa shape index (κ1) is 15.9. The zero-order chi connectivity index (χ0) is 13.4. The van der Waals surface area contributed by atoms with E-state index in [1.807, 2.05) is 0 Å². The van der Waals surface area contributed by atoms with E-state index in [9.17, 15) is 0 Å². The van der Waals surface area contributed by atoms with Crippen molar-refractivity contribution in [3.8, 4) is 0 Å². The van der Waals surface area contributed by atoms with Gasteiger partial charge in [-0.1, -0.05) is 27.7 Å². The van der Waals surface area contributed by atoms with E-state index < -0.39 is 0 Å². The summed E-state index contributed by atoms with van der Waals surface area (Å²) in [6, 6.07) is 0.750. The van der Waals surface area contributed by atoms with Gasteiger partial charge in [0.2, 0.25) is 0 Å². The predicted octanol–water partition coefficient (Wildman–Crippen LogP) is 2.04. The van der Waals surface area contributed by atoms with Crippen molar-refractivity contribution >= 4 is 0 Å². The molecule has 1 rings (SSSR count). The molecule has 0 radical (unpaired) electrons. The van der Waals surface area contributed by atoms with Crippen LogP contribution in [0.3, 0.4) is 0 Å². The van der Waals surface area contributed by atoms with Gasteiger partial charge < -0.3 is 10.2 Å². The van der Waals surface area contributed by atoms with E-state index in [1.165, 1.54) is 58.7 Å². The summed E-state index contributed by atoms with van der Waals surface area (Å²) in [7, 11) is 0. The van der Waals surface area contributed by atoms with Crippen LogP contribution in [-0.4, -0.2) is 61.7 Å². The summed E-state index contributed by atoms with van der Waals surface area (Å²) < 4.78 is 0. The molecule has 0 amide bonds. The molecule has 1 N–H and O–H groups in total. The maximum Gasteiger partial charge on any atom is 0.0246 e. The fraction of sp³-hybridized carbons (Fsp3) is 1.00. The summed E-state index contributed by atoms with van der Waals surface area (Å²) in [5, 5.41) is 3.55. The molecule has 1 aliphatic rings. The molecule has 1 heterocycles. The molecule has 0 bridgehead atoms. The van der Waals surface area contributed by atoms with Crippen molar-refractivity contribution in [1.82, 2.24) is 15.1 Å². The van der Waals surface area contributed by atoms with Gasteiger partial charge in [-0.3, -0.25) is 4.90 Å². The highest BCUT2D eigenvalue weighted by Gasteiger charge is 2.25. The summed E-state index contributed by atoms with van der Waals surface area (Å²) in [4.78, 5) is 5.21. The van der Waals surface area contributed by atoms with Crippen LogP contribution in [0.4, 0.5) is 0 Å². The minimum atomic E-state index is 0.750. The highest BCUT2D eigenvalue weighted by molar-refractivity contribution is 4.83. The maximum atomic E-state index is 3.55. The first-order valence-electron chi connectivity index (χ1n) is 7.89. The van der Waals surface area contributed by atoms with E-state index in [0.29, 0.717) is 0 Å². The number of likely N-dealkylation sites (N-methyl/N-ethyl adjacent to an activating group) is 1. The number of piperidine rings is 1. The Morgan fingerprint density at radius 3 is 2.33 bits per heavy atom. The minimum absolute atomic E-state index is 0.750. The van der Waals surface area contributed by atoms with Gasteiger partial charge in [0, 0.05) is 12.6 Å². The van der Waals surface area contributed by atoms with Gasteiger partial charge in [0.05, 0.1) is 0 Å². The molecule has 0 aromatic rings. The summed E-state index contributed by atoms with van der Waals surface area (Å²) in [6.07, 6.45) is 2.63. The van der Waals surface area contributed by atoms with E-state index in [2.05, 4.69) is 42.8 Å². The van der Waals surface area contributed by atoms with Crippen molar-refractivity contribution < 1.29 is 0 Å². The van der Waals surface area contributed by atoms with Crippen LogP contribution in [0.2, 0.25) is 0 Å². The van der Waals surface area contributed by atoms with Crippen molar-refractivity contribution in [2.75, 3.05) is 45.8 Å². The van der Waals surface area contributed by atoms with Crippen molar-refractivity contribution in [2.24, 2.45) is 5.92 Å². The predicted molar refractivity (Wildman–Crippen MR) is 80.1 cm³/mol. The van der Waals surface area contributed by atoms with Gasteiger partial charge >= 0.3 is 0 Å². The third kappa shape index (κ3) is 4.87. The van der Waals surface area contributed by atoms with Crippen LogP contribution in [0.5, 0.6) is 0 Å². The zero-order valence-corrected chi connectivity index (χ0v) is 12.9. The normalized spacial score (nSPS) is 25.0. The Hall–Kier alpha value is -0.120. The van der Waals surface area contributed by atoms with Crippen LogP contribution in [0.25, 0.3) is 0 Å². The molecule has 2 atom stereocenters. The molecule has 0 aromatic carbocycles. The molecule has 18 heavy (non-hydrogen) atoms. The molecule has 3 heteroatoms. The van der Waals surface area contributed by atoms with Crippen LogP contribution in [0, 0.1) is 5.92 Å². The average Bonchev–Trinajstić information content (AvgIpc) is 2.40. The molecule has 2 unspecified atom stereocenters. The maximum absolute atomic E-state index is 3.55. The summed E-state index contributed by atoms with van der Waals surface area (Å²) in [5.41, 5.74) is 0. The van der Waals surface area contributed by atoms with E-state index in [0.717, 1.165) is 12.0 Å². The van der Waals surface area contributed by atoms with E-state index in [1.54, 1.807) is 0 Å². The van der Waals surface area contributed by atoms with Crippen molar-refractivity contribution in [3.05, 3.63) is 0 Å². The smallest absolute Gasteiger partial charge is 0.0246 e. The largest absolute Gasteiger partial charge is 0.315 e. The second-order valence-electron chi connectivity index (χ2n) is 5.55. The van der Waals surface area contributed by atoms with Crippen LogP contribution < -0.4 is 5.32 Å². The first-order valence-corrected chi connectivity index (χ1v) is 7.89. The van der Waals surface area contributed by atoms with Crippen molar-refractivity contribution in [2.45, 2.75) is 46.6 Å². The van der Waals surface area contributed by atoms with Gasteiger partial charge in [0.15, 0.2) is 0 Å². The first-order chi connectivity index (χ1) is 8.72. The average molecular weight is 255 g/mol. The molecular formula is C15H33N3. The Morgan fingerprint density at radius 1 is 1.06 bits per heavy atom. The van der Waals surface area contributed by atoms with Crippen molar-refractivity contribution in [1.29, 1.82) is 0 Å². The standard InChI is InChI=1S/C15H33N3/c1-5-17(6-2)11-8-12-18(7-3)15-13-16-10-9-14(15)4/h14-16H,5-13H2,1-4H3. The summed E-state index contributed by atoms with van der Waals surface area (Å²) in [5.74, 6) is 0.847. The minimum Gasteiger partial charge on any atom is -0.315 e. The Morgan fingerprint density at radius 2 is 1.78 bits per heavy atom. The molecule has 1 aliphatic heterocycles. The van der Waals surface area contributed by atoms with Gasteiger partial charge in [-0.2, -0.15) is 0 Å². The number of rotatable bonds is 8. The van der Waals surface area contributed by atoms with E-state index in [-0.39, 0.29) is 0 Å². The highest BCUT2D eigenvalue weighted by Crippen LogP contribution is 2.17. The van der Waals surface area contributed by atoms with Gasteiger partial charge in [0.1, 0.15) is 0 Å². The molecule has 0 spiro atoms. The fourth-order valence-corrected chi connectivity index (χ4v) is 3.06. The zero-order valence-electron chi connectivity index (χ0n) is 12.9. The van der Waals surface area contributed by atoms with Crippen molar-refractivity contribution in [3.63, 3.8) is 0 Å². The third-order valence-corrected chi connectivity index (χ3v) is 4.48. The summed E-state index contributed by atoms with van der Waals surface area (Å²) in [6.45, 7) is 17.7. The second-order valence-corrected chi connectivity index (χ2v) is 5.55. The lowest BCUT2D eigenvalue weighted by Gasteiger charge is -2.38. The van der Waals surface area contributed by atoms with Crippen LogP contribution in [-0.2, 0) is 0 Å². The number of nitrogens with zero attached hydrogens (tertiary/aromatic N) is 2. The summed E-state index contributed by atoms with van der Waals surface area (Å²) >= 11 is 0. The molecule has 108 valence electrons. The second kappa shape index (κ2) is 8.89. The number of hydrogen-bond acceptors (Lipinski definition) is 3. The fourth-order valence-electron chi connectivity index (χ4n) is 3.06. The van der Waals surface area contributed by atoms with Gasteiger partial charge in [0.25, 0.3) is 0 Å². The van der Waals surface area contributed by atoms with Gasteiger partial charge in [-0.25, -0.2) is 0 Å². The Balaban J connectivity index is 2.32. The molecule has 3 nitrogen and oxygen atoms in total. The molecule has 0 aliphatic carbocycles. The Labute approximate surface area is 114 Å². The molecule has 1 saturated heterocycles. The van der Waals surface area contributed by atoms with Gasteiger partial charge in [-0.05, 0) is 58.0 Å². The number of nitrogens with one attached hydrogen (secondary N) is 1. The Kier molecular flexibility index (Phi) is 7.87. The molecular weight excluding hydrogens is 222 g/mol. The van der Waals surface area contributed by atoms with E-state index >= 15 is 0 Å². The van der Waals surface area contributed by atoms with Crippen LogP contribution >= 0.6 is 0 Å². The van der Waals surface area contributed by atoms with Crippen LogP contribution in [0.15, 0.2) is 0 Å². The van der Waals surface area contributed by atoms with Gasteiger partial charge in [-0.15, -0.1) is 0 Å². The molecule has 1 fully saturated rings. The lowest BCUT2D eigenvalue weighted by atomic mass is 9.93. The SMILES string of the molecule is CCN(CC)CCCN(CC)C1CNCCC1C. The quantitative estimate of drug-likeness (QED) is 0.716. The van der Waals surface area contributed by atoms with E-state index in [4.69, 9.17) is 0 Å². The highest BCUT2D eigenvalue weighted by atomic mass is 15.2. The van der Waals surface area contributed by atoms with Crippen LogP contribution in [0.1, 0.15) is 40.5 Å². The number of hydrogen-bond donors (Lipinski definition) is 1. The topological polar surface area (TPSA) is 18.5 Å². The lowest BCUT2D eigenvalue weighted by molar-refractivity contribution is 0.122. The lowest BCUT2D eigenvalue weighted by Crippen LogP contribution is -2.51. The molecule has 0 aromatic heterocycles.